The smallest absolute Gasteiger partial charge is 0.0355 e. The third kappa shape index (κ3) is 29.7. The molecule has 5 aliphatic carbocycles. The van der Waals surface area contributed by atoms with Crippen LogP contribution in [0.5, 0.6) is 0 Å². The van der Waals surface area contributed by atoms with Gasteiger partial charge in [-0.15, -0.1) is 0 Å². The van der Waals surface area contributed by atoms with Crippen LogP contribution in [0.2, 0.25) is 0 Å². The van der Waals surface area contributed by atoms with Gasteiger partial charge in [0.1, 0.15) is 0 Å². The van der Waals surface area contributed by atoms with Crippen molar-refractivity contribution < 1.29 is 0 Å². The van der Waals surface area contributed by atoms with E-state index < -0.39 is 0 Å². The topological polar surface area (TPSA) is 0 Å². The molecule has 0 aromatic rings. The minimum atomic E-state index is 1.01. The van der Waals surface area contributed by atoms with Gasteiger partial charge in [0.25, 0.3) is 0 Å². The average Bonchev–Trinajstić information content (AvgIpc) is 3.38. The van der Waals surface area contributed by atoms with E-state index in [0.717, 1.165) is 47.3 Å². The van der Waals surface area contributed by atoms with Gasteiger partial charge in [-0.1, -0.05) is 385 Å². The van der Waals surface area contributed by atoms with Crippen LogP contribution in [0, 0.1) is 47.3 Å². The predicted octanol–water partition coefficient (Wildman–Crippen LogP) is 26.0. The molecule has 0 N–H and O–H groups in total. The van der Waals surface area contributed by atoms with E-state index in [4.69, 9.17) is 0 Å². The SMILES string of the molecule is C1CCCCCCC2CCCCCCCCCCC(CCCCC1)C1CCCCCCCCCCC2C2CCCCCCCCCCC1C1CCCCCCCCCCCCC2CCCCCCCCCC1. The molecule has 0 aromatic heterocycles. The van der Waals surface area contributed by atoms with E-state index in [-0.39, 0.29) is 0 Å². The lowest BCUT2D eigenvalue weighted by atomic mass is 9.65. The van der Waals surface area contributed by atoms with E-state index in [2.05, 4.69) is 0 Å². The second kappa shape index (κ2) is 44.9. The van der Waals surface area contributed by atoms with Crippen LogP contribution in [0.3, 0.4) is 0 Å². The summed E-state index contributed by atoms with van der Waals surface area (Å²) in [7, 11) is 0. The summed E-state index contributed by atoms with van der Waals surface area (Å²) >= 11 is 0. The van der Waals surface area contributed by atoms with Crippen LogP contribution >= 0.6 is 0 Å². The molecular formula is C72H136. The molecule has 5 rings (SSSR count). The molecule has 0 nitrogen and oxygen atoms in total. The Morgan fingerprint density at radius 3 is 0.278 bits per heavy atom. The Kier molecular flexibility index (Phi) is 39.2. The fourth-order valence-electron chi connectivity index (χ4n) is 17.3. The molecule has 72 heavy (non-hydrogen) atoms. The van der Waals surface area contributed by atoms with Gasteiger partial charge in [0.2, 0.25) is 0 Å². The molecule has 8 bridgehead atoms. The van der Waals surface area contributed by atoms with Gasteiger partial charge in [-0.3, -0.25) is 0 Å². The fraction of sp³-hybridized carbons (Fsp3) is 1.00. The second-order valence-electron chi connectivity index (χ2n) is 27.5. The van der Waals surface area contributed by atoms with E-state index >= 15 is 0 Å². The number of fused-ring (bicyclic) bond motifs is 50. The lowest BCUT2D eigenvalue weighted by Gasteiger charge is -2.40. The molecule has 0 spiro atoms. The number of hydrogen-bond acceptors (Lipinski definition) is 0. The van der Waals surface area contributed by atoms with E-state index in [1.807, 2.05) is 0 Å². The largest absolute Gasteiger partial charge is 0.0533 e. The lowest BCUT2D eigenvalue weighted by Crippen LogP contribution is -2.30. The molecule has 0 aliphatic heterocycles. The lowest BCUT2D eigenvalue weighted by molar-refractivity contribution is 0.102. The summed E-state index contributed by atoms with van der Waals surface area (Å²) < 4.78 is 0. The summed E-state index contributed by atoms with van der Waals surface area (Å²) in [5.74, 6) is 8.06. The van der Waals surface area contributed by atoms with Crippen molar-refractivity contribution in [2.45, 2.75) is 411 Å². The first-order chi connectivity index (χ1) is 35.9. The molecule has 424 valence electrons. The van der Waals surface area contributed by atoms with Gasteiger partial charge in [-0.25, -0.2) is 0 Å². The Morgan fingerprint density at radius 1 is 0.0833 bits per heavy atom. The first kappa shape index (κ1) is 62.8. The maximum Gasteiger partial charge on any atom is -0.0355 e. The molecule has 5 aliphatic rings. The number of rotatable bonds is 0. The molecule has 8 unspecified atom stereocenters. The van der Waals surface area contributed by atoms with E-state index in [0.29, 0.717) is 0 Å². The van der Waals surface area contributed by atoms with Crippen molar-refractivity contribution in [1.82, 2.24) is 0 Å². The monoisotopic (exact) mass is 1000 g/mol. The van der Waals surface area contributed by atoms with Gasteiger partial charge in [0, 0.05) is 0 Å². The Bertz CT molecular complexity index is 961. The molecule has 5 saturated carbocycles. The van der Waals surface area contributed by atoms with E-state index in [1.165, 1.54) is 257 Å². The van der Waals surface area contributed by atoms with Crippen LogP contribution in [0.1, 0.15) is 411 Å². The average molecular weight is 1000 g/mol. The summed E-state index contributed by atoms with van der Waals surface area (Å²) in [5, 5.41) is 0. The van der Waals surface area contributed by atoms with Crippen molar-refractivity contribution in [2.24, 2.45) is 47.3 Å². The van der Waals surface area contributed by atoms with Gasteiger partial charge in [-0.2, -0.15) is 0 Å². The van der Waals surface area contributed by atoms with Crippen LogP contribution in [0.15, 0.2) is 0 Å². The molecule has 0 heterocycles. The van der Waals surface area contributed by atoms with Crippen molar-refractivity contribution >= 4 is 0 Å². The normalized spacial score (nSPS) is 33.3. The Balaban J connectivity index is 1.61. The second-order valence-corrected chi connectivity index (χ2v) is 27.5. The summed E-state index contributed by atoms with van der Waals surface area (Å²) in [6, 6.07) is 0. The van der Waals surface area contributed by atoms with Crippen molar-refractivity contribution in [3.8, 4) is 0 Å². The van der Waals surface area contributed by atoms with Gasteiger partial charge in [-0.05, 0) is 73.0 Å². The summed E-state index contributed by atoms with van der Waals surface area (Å²) in [4.78, 5) is 0. The van der Waals surface area contributed by atoms with Crippen LogP contribution in [0.25, 0.3) is 0 Å². The quantitative estimate of drug-likeness (QED) is 0.227. The highest BCUT2D eigenvalue weighted by atomic mass is 14.4. The van der Waals surface area contributed by atoms with Crippen LogP contribution in [0.4, 0.5) is 0 Å². The van der Waals surface area contributed by atoms with E-state index in [1.54, 1.807) is 154 Å². The molecular weight excluding hydrogens is 865 g/mol. The van der Waals surface area contributed by atoms with Crippen molar-refractivity contribution in [3.05, 3.63) is 0 Å². The zero-order chi connectivity index (χ0) is 49.9. The van der Waals surface area contributed by atoms with Gasteiger partial charge < -0.3 is 0 Å². The van der Waals surface area contributed by atoms with Crippen LogP contribution in [-0.2, 0) is 0 Å². The van der Waals surface area contributed by atoms with E-state index in [9.17, 15) is 0 Å². The minimum absolute atomic E-state index is 1.01. The molecule has 8 atom stereocenters. The van der Waals surface area contributed by atoms with Crippen LogP contribution < -0.4 is 0 Å². The predicted molar refractivity (Wildman–Crippen MR) is 323 cm³/mol. The highest BCUT2D eigenvalue weighted by Crippen LogP contribution is 2.46. The standard InChI is InChI=1S/C72H136/c1-2-6-18-30-42-54-66-58-46-34-22-10-9-21-33-45-57-65(53-41-29-17-5-1)69-61-49-37-25-13-14-26-38-50-62-70(66)72-64-52-40-28-16-15-27-39-51-63-71(69)67-55-43-31-19-7-3-4-8-20-32-44-56-68(72)60-48-36-24-12-11-23-35-47-59-67/h65-72H,1-64H2. The maximum atomic E-state index is 1.59. The summed E-state index contributed by atoms with van der Waals surface area (Å²) in [5.41, 5.74) is 0. The third-order valence-electron chi connectivity index (χ3n) is 21.8. The van der Waals surface area contributed by atoms with Gasteiger partial charge >= 0.3 is 0 Å². The summed E-state index contributed by atoms with van der Waals surface area (Å²) in [6.45, 7) is 0. The molecule has 0 heteroatoms. The molecule has 0 radical (unpaired) electrons. The first-order valence-electron chi connectivity index (χ1n) is 35.9. The summed E-state index contributed by atoms with van der Waals surface area (Å²) in [6.07, 6.45) is 98.6. The molecule has 0 aromatic carbocycles. The number of hydrogen-bond donors (Lipinski definition) is 0. The zero-order valence-electron chi connectivity index (χ0n) is 49.9. The Hall–Kier alpha value is 0. The highest BCUT2D eigenvalue weighted by Gasteiger charge is 2.35. The third-order valence-corrected chi connectivity index (χ3v) is 21.8. The molecule has 0 saturated heterocycles. The van der Waals surface area contributed by atoms with Gasteiger partial charge in [0.15, 0.2) is 0 Å². The van der Waals surface area contributed by atoms with Crippen LogP contribution in [-0.4, -0.2) is 0 Å². The Labute approximate surface area is 456 Å². The van der Waals surface area contributed by atoms with Crippen molar-refractivity contribution in [3.63, 3.8) is 0 Å². The Morgan fingerprint density at radius 2 is 0.167 bits per heavy atom. The fourth-order valence-corrected chi connectivity index (χ4v) is 17.3. The molecule has 0 amide bonds. The molecule has 5 fully saturated rings. The maximum absolute atomic E-state index is 1.59. The van der Waals surface area contributed by atoms with Crippen molar-refractivity contribution in [2.75, 3.05) is 0 Å². The highest BCUT2D eigenvalue weighted by molar-refractivity contribution is 4.86. The zero-order valence-corrected chi connectivity index (χ0v) is 49.9. The minimum Gasteiger partial charge on any atom is -0.0533 e. The van der Waals surface area contributed by atoms with Gasteiger partial charge in [0.05, 0.1) is 0 Å². The van der Waals surface area contributed by atoms with Crippen molar-refractivity contribution in [1.29, 1.82) is 0 Å². The first-order valence-corrected chi connectivity index (χ1v) is 35.9.